The predicted octanol–water partition coefficient (Wildman–Crippen LogP) is 3.73. The quantitative estimate of drug-likeness (QED) is 0.237. The fourth-order valence-electron chi connectivity index (χ4n) is 4.32. The summed E-state index contributed by atoms with van der Waals surface area (Å²) in [5, 5.41) is 16.4. The molecule has 1 aromatic carbocycles. The summed E-state index contributed by atoms with van der Waals surface area (Å²) in [7, 11) is 3.50. The maximum Gasteiger partial charge on any atom is 0.163 e. The van der Waals surface area contributed by atoms with Crippen LogP contribution in [-0.2, 0) is 9.59 Å². The molecule has 6 nitrogen and oxygen atoms in total. The number of aromatic hydroxyl groups is 1. The molecule has 1 heterocycles. The standard InChI is InChI=1S/C25H38N2O4/c1-26-18-21(20-12-14-27-15-13-20)6-4-3-5-7-22(28)17-23(29)10-8-19-9-11-24(30)25(16-19)31-2/h8-11,16,20-21,26-27,30H,3-7,12-15,17-18H2,1-2H3/b10-8+/t21-/m0/s1. The first kappa shape index (κ1) is 25.1. The van der Waals surface area contributed by atoms with Crippen molar-refractivity contribution in [3.05, 3.63) is 29.8 Å². The van der Waals surface area contributed by atoms with E-state index in [-0.39, 0.29) is 23.7 Å². The van der Waals surface area contributed by atoms with Crippen LogP contribution in [0.1, 0.15) is 56.9 Å². The summed E-state index contributed by atoms with van der Waals surface area (Å²) >= 11 is 0. The molecular formula is C25H38N2O4. The van der Waals surface area contributed by atoms with Crippen LogP contribution in [0.5, 0.6) is 11.5 Å². The molecular weight excluding hydrogens is 392 g/mol. The van der Waals surface area contributed by atoms with Crippen molar-refractivity contribution in [2.24, 2.45) is 11.8 Å². The third-order valence-electron chi connectivity index (χ3n) is 6.08. The number of piperidine rings is 1. The van der Waals surface area contributed by atoms with E-state index >= 15 is 0 Å². The number of allylic oxidation sites excluding steroid dienone is 1. The minimum absolute atomic E-state index is 0.00284. The van der Waals surface area contributed by atoms with Crippen molar-refractivity contribution >= 4 is 17.6 Å². The topological polar surface area (TPSA) is 87.7 Å². The Hall–Kier alpha value is -2.18. The molecule has 6 heteroatoms. The highest BCUT2D eigenvalue weighted by atomic mass is 16.5. The third-order valence-corrected chi connectivity index (χ3v) is 6.08. The van der Waals surface area contributed by atoms with Crippen molar-refractivity contribution in [1.82, 2.24) is 10.6 Å². The zero-order valence-electron chi connectivity index (χ0n) is 19.0. The Morgan fingerprint density at radius 2 is 2.03 bits per heavy atom. The summed E-state index contributed by atoms with van der Waals surface area (Å²) < 4.78 is 5.05. The first-order valence-electron chi connectivity index (χ1n) is 11.5. The molecule has 1 fully saturated rings. The van der Waals surface area contributed by atoms with Gasteiger partial charge in [0.25, 0.3) is 0 Å². The Balaban J connectivity index is 1.65. The molecule has 0 saturated carbocycles. The Labute approximate surface area is 186 Å². The summed E-state index contributed by atoms with van der Waals surface area (Å²) in [6.07, 6.45) is 10.2. The van der Waals surface area contributed by atoms with Crippen molar-refractivity contribution in [2.45, 2.75) is 51.4 Å². The minimum Gasteiger partial charge on any atom is -0.504 e. The molecule has 0 unspecified atom stereocenters. The van der Waals surface area contributed by atoms with E-state index in [9.17, 15) is 14.7 Å². The average molecular weight is 431 g/mol. The fraction of sp³-hybridized carbons (Fsp3) is 0.600. The van der Waals surface area contributed by atoms with Crippen LogP contribution in [0.2, 0.25) is 0 Å². The number of carbonyl (C=O) groups is 2. The Morgan fingerprint density at radius 1 is 1.26 bits per heavy atom. The lowest BCUT2D eigenvalue weighted by molar-refractivity contribution is -0.124. The molecule has 0 aromatic heterocycles. The monoisotopic (exact) mass is 430 g/mol. The van der Waals surface area contributed by atoms with Gasteiger partial charge in [-0.3, -0.25) is 9.59 Å². The van der Waals surface area contributed by atoms with Crippen molar-refractivity contribution in [3.63, 3.8) is 0 Å². The van der Waals surface area contributed by atoms with Crippen LogP contribution < -0.4 is 15.4 Å². The summed E-state index contributed by atoms with van der Waals surface area (Å²) in [6, 6.07) is 4.85. The fourth-order valence-corrected chi connectivity index (χ4v) is 4.32. The molecule has 0 aliphatic carbocycles. The van der Waals surface area contributed by atoms with Gasteiger partial charge < -0.3 is 20.5 Å². The molecule has 1 saturated heterocycles. The highest BCUT2D eigenvalue weighted by Gasteiger charge is 2.22. The molecule has 2 rings (SSSR count). The molecule has 0 bridgehead atoms. The van der Waals surface area contributed by atoms with Crippen LogP contribution in [0, 0.1) is 11.8 Å². The van der Waals surface area contributed by atoms with Gasteiger partial charge in [-0.15, -0.1) is 0 Å². The number of unbranched alkanes of at least 4 members (excludes halogenated alkanes) is 2. The Morgan fingerprint density at radius 3 is 2.74 bits per heavy atom. The molecule has 3 N–H and O–H groups in total. The highest BCUT2D eigenvalue weighted by molar-refractivity contribution is 6.06. The molecule has 0 amide bonds. The van der Waals surface area contributed by atoms with E-state index in [1.54, 1.807) is 18.2 Å². The molecule has 31 heavy (non-hydrogen) atoms. The van der Waals surface area contributed by atoms with E-state index in [1.807, 2.05) is 7.05 Å². The lowest BCUT2D eigenvalue weighted by atomic mass is 9.81. The minimum atomic E-state index is -0.197. The van der Waals surface area contributed by atoms with E-state index < -0.39 is 0 Å². The number of hydrogen-bond acceptors (Lipinski definition) is 6. The van der Waals surface area contributed by atoms with Crippen molar-refractivity contribution in [2.75, 3.05) is 33.8 Å². The number of phenols is 1. The summed E-state index contributed by atoms with van der Waals surface area (Å²) in [6.45, 7) is 3.32. The van der Waals surface area contributed by atoms with E-state index in [2.05, 4.69) is 10.6 Å². The summed E-state index contributed by atoms with van der Waals surface area (Å²) in [5.74, 6) is 1.72. The molecule has 1 aliphatic heterocycles. The molecule has 172 valence electrons. The number of carbonyl (C=O) groups excluding carboxylic acids is 2. The van der Waals surface area contributed by atoms with Gasteiger partial charge in [0.05, 0.1) is 13.5 Å². The van der Waals surface area contributed by atoms with E-state index in [1.165, 1.54) is 38.5 Å². The van der Waals surface area contributed by atoms with Crippen LogP contribution in [0.15, 0.2) is 24.3 Å². The number of ketones is 2. The maximum atomic E-state index is 12.1. The summed E-state index contributed by atoms with van der Waals surface area (Å²) in [4.78, 5) is 24.2. The second kappa shape index (κ2) is 14.0. The van der Waals surface area contributed by atoms with Gasteiger partial charge in [0, 0.05) is 6.42 Å². The second-order valence-corrected chi connectivity index (χ2v) is 8.45. The lowest BCUT2D eigenvalue weighted by Gasteiger charge is -2.30. The number of benzene rings is 1. The first-order chi connectivity index (χ1) is 15.0. The van der Waals surface area contributed by atoms with Crippen LogP contribution >= 0.6 is 0 Å². The third kappa shape index (κ3) is 9.23. The largest absolute Gasteiger partial charge is 0.504 e. The van der Waals surface area contributed by atoms with Gasteiger partial charge in [-0.05, 0) is 88.0 Å². The predicted molar refractivity (Wildman–Crippen MR) is 124 cm³/mol. The van der Waals surface area contributed by atoms with Gasteiger partial charge >= 0.3 is 0 Å². The van der Waals surface area contributed by atoms with Gasteiger partial charge in [0.1, 0.15) is 5.78 Å². The number of methoxy groups -OCH3 is 1. The zero-order chi connectivity index (χ0) is 22.5. The van der Waals surface area contributed by atoms with Gasteiger partial charge in [-0.1, -0.05) is 25.0 Å². The van der Waals surface area contributed by atoms with Gasteiger partial charge in [-0.2, -0.15) is 0 Å². The van der Waals surface area contributed by atoms with Crippen molar-refractivity contribution in [3.8, 4) is 11.5 Å². The SMILES string of the molecule is CNC[C@H](CCCCCC(=O)CC(=O)/C=C/c1ccc(O)c(OC)c1)C1CCNCC1. The summed E-state index contributed by atoms with van der Waals surface area (Å²) in [5.41, 5.74) is 0.736. The second-order valence-electron chi connectivity index (χ2n) is 8.45. The van der Waals surface area contributed by atoms with Gasteiger partial charge in [0.2, 0.25) is 0 Å². The molecule has 1 aliphatic rings. The van der Waals surface area contributed by atoms with E-state index in [4.69, 9.17) is 4.74 Å². The number of Topliss-reactive ketones (excluding diaryl/α,β-unsaturated/α-hetero) is 1. The molecule has 1 atom stereocenters. The van der Waals surface area contributed by atoms with Crippen LogP contribution in [0.25, 0.3) is 6.08 Å². The number of hydrogen-bond donors (Lipinski definition) is 3. The van der Waals surface area contributed by atoms with Crippen LogP contribution in [0.3, 0.4) is 0 Å². The zero-order valence-corrected chi connectivity index (χ0v) is 19.0. The van der Waals surface area contributed by atoms with Crippen molar-refractivity contribution < 1.29 is 19.4 Å². The molecule has 0 radical (unpaired) electrons. The highest BCUT2D eigenvalue weighted by Crippen LogP contribution is 2.27. The van der Waals surface area contributed by atoms with Gasteiger partial charge in [-0.25, -0.2) is 0 Å². The molecule has 0 spiro atoms. The van der Waals surface area contributed by atoms with E-state index in [0.717, 1.165) is 50.4 Å². The Kier molecular flexibility index (Phi) is 11.3. The molecule has 1 aromatic rings. The van der Waals surface area contributed by atoms with Crippen LogP contribution in [0.4, 0.5) is 0 Å². The average Bonchev–Trinajstić information content (AvgIpc) is 2.78. The lowest BCUT2D eigenvalue weighted by Crippen LogP contribution is -2.35. The number of rotatable bonds is 14. The van der Waals surface area contributed by atoms with Crippen LogP contribution in [-0.4, -0.2) is 50.5 Å². The maximum absolute atomic E-state index is 12.1. The Bertz CT molecular complexity index is 726. The number of nitrogens with one attached hydrogen (secondary N) is 2. The normalized spacial score (nSPS) is 15.8. The van der Waals surface area contributed by atoms with Gasteiger partial charge in [0.15, 0.2) is 17.3 Å². The number of ether oxygens (including phenoxy) is 1. The van der Waals surface area contributed by atoms with Crippen molar-refractivity contribution in [1.29, 1.82) is 0 Å². The van der Waals surface area contributed by atoms with E-state index in [0.29, 0.717) is 18.1 Å². The number of phenolic OH excluding ortho intramolecular Hbond substituents is 1. The first-order valence-corrected chi connectivity index (χ1v) is 11.5. The smallest absolute Gasteiger partial charge is 0.163 e.